The average Bonchev–Trinajstić information content (AvgIpc) is 3.57. The molecule has 0 aliphatic heterocycles. The van der Waals surface area contributed by atoms with E-state index >= 15 is 0 Å². The van der Waals surface area contributed by atoms with Crippen LogP contribution in [0.2, 0.25) is 0 Å². The van der Waals surface area contributed by atoms with Gasteiger partial charge in [-0.1, -0.05) is 0 Å². The summed E-state index contributed by atoms with van der Waals surface area (Å²) >= 11 is -0.472. The van der Waals surface area contributed by atoms with Crippen LogP contribution in [0.15, 0.2) is 109 Å². The number of nitrogens with zero attached hydrogens (tertiary/aromatic N) is 2. The molecule has 4 aromatic rings. The first-order valence-corrected chi connectivity index (χ1v) is 14.8. The van der Waals surface area contributed by atoms with Crippen molar-refractivity contribution in [2.75, 3.05) is 13.1 Å². The van der Waals surface area contributed by atoms with Crippen LogP contribution in [0.5, 0.6) is 0 Å². The molecule has 0 unspecified atom stereocenters. The van der Waals surface area contributed by atoms with Crippen LogP contribution in [0.4, 0.5) is 0 Å². The van der Waals surface area contributed by atoms with Crippen molar-refractivity contribution >= 4 is 18.8 Å². The second kappa shape index (κ2) is 25.9. The first-order chi connectivity index (χ1) is 14.4. The molecule has 4 rings (SSSR count). The van der Waals surface area contributed by atoms with Gasteiger partial charge in [-0.2, -0.15) is 99.0 Å². The van der Waals surface area contributed by atoms with Gasteiger partial charge in [0.05, 0.1) is 0 Å². The van der Waals surface area contributed by atoms with Gasteiger partial charge in [-0.3, -0.25) is 0 Å². The van der Waals surface area contributed by atoms with E-state index < -0.39 is 16.5 Å². The van der Waals surface area contributed by atoms with Crippen LogP contribution in [0.1, 0.15) is 11.1 Å². The smallest absolute Gasteiger partial charge is 0.671 e. The third kappa shape index (κ3) is 21.2. The van der Waals surface area contributed by atoms with Gasteiger partial charge >= 0.3 is 69.5 Å². The molecule has 4 aromatic carbocycles. The summed E-state index contributed by atoms with van der Waals surface area (Å²) in [4.78, 5) is 0. The molecule has 0 atom stereocenters. The van der Waals surface area contributed by atoms with Gasteiger partial charge in [-0.15, -0.1) is 0 Å². The molecule has 7 heteroatoms. The summed E-state index contributed by atoms with van der Waals surface area (Å²) < 4.78 is 0. The molecule has 2 nitrogen and oxygen atoms in total. The van der Waals surface area contributed by atoms with E-state index in [1.165, 1.54) is 11.1 Å². The number of hydrogen-bond acceptors (Lipinski definition) is 0. The van der Waals surface area contributed by atoms with Crippen molar-refractivity contribution in [3.05, 3.63) is 131 Å². The molecule has 0 aromatic heterocycles. The molecule has 31 heavy (non-hydrogen) atoms. The summed E-state index contributed by atoms with van der Waals surface area (Å²) in [5.41, 5.74) is 2.58. The van der Waals surface area contributed by atoms with E-state index in [2.05, 4.69) is 34.9 Å². The van der Waals surface area contributed by atoms with Gasteiger partial charge in [-0.25, -0.2) is 47.5 Å². The number of halogens is 2. The predicted octanol–water partition coefficient (Wildman–Crippen LogP) is 7.75. The fraction of sp³-hybridized carbons (Fsp3) is 0.167. The van der Waals surface area contributed by atoms with E-state index in [1.807, 2.05) is 84.9 Å². The first kappa shape index (κ1) is 32.8. The molecule has 0 heterocycles. The largest absolute Gasteiger partial charge is 2.00 e. The normalized spacial score (nSPS) is 8.84. The molecule has 0 spiro atoms. The van der Waals surface area contributed by atoms with Crippen LogP contribution in [0.3, 0.4) is 0 Å². The predicted molar refractivity (Wildman–Crippen MR) is 124 cm³/mol. The Hall–Kier alpha value is -0.373. The van der Waals surface area contributed by atoms with Crippen LogP contribution in [-0.2, 0) is 63.7 Å². The van der Waals surface area contributed by atoms with Gasteiger partial charge in [0, 0.05) is 0 Å². The molecular weight excluding hydrogens is 694 g/mol. The van der Waals surface area contributed by atoms with Gasteiger partial charge in [0.2, 0.25) is 0 Å². The molecule has 0 aliphatic carbocycles. The van der Waals surface area contributed by atoms with Crippen molar-refractivity contribution in [2.45, 2.75) is 13.1 Å². The zero-order chi connectivity index (χ0) is 20.8. The quantitative estimate of drug-likeness (QED) is 0.106. The Labute approximate surface area is 224 Å². The van der Waals surface area contributed by atoms with Crippen molar-refractivity contribution in [3.63, 3.8) is 0 Å². The molecular formula is C24H26Cl2Fe2N2Pt. The minimum absolute atomic E-state index is 0. The van der Waals surface area contributed by atoms with Gasteiger partial charge in [0.25, 0.3) is 0 Å². The molecule has 0 aliphatic rings. The fourth-order valence-corrected chi connectivity index (χ4v) is 2.24. The maximum Gasteiger partial charge on any atom is 2.00 e. The van der Waals surface area contributed by atoms with E-state index in [-0.39, 0.29) is 34.1 Å². The molecule has 172 valence electrons. The Morgan fingerprint density at radius 2 is 0.968 bits per heavy atom. The summed E-state index contributed by atoms with van der Waals surface area (Å²) in [6.07, 6.45) is 0. The summed E-state index contributed by atoms with van der Waals surface area (Å²) in [5.74, 6) is 0. The standard InChI is InChI=1S/C14H16N2.2C5H5.2ClH.2Fe.Pt/c1-2-6-13(5-1)11-15-9-10-16-12-14-7-3-4-8-14;2*1-2-4-5-3-1;;;;;/h1-8H,9-12H2;2*1-5H;2*1H;;;/q-4;2*-1;;;2*+2;+4/p-2. The van der Waals surface area contributed by atoms with Crippen LogP contribution in [-0.4, -0.2) is 13.1 Å². The molecule has 0 radical (unpaired) electrons. The SMILES string of the molecule is [Cl][Pt+2][Cl].[Fe+2].[Fe+2].c1cc(C[N-]CC[N-]Cc2cc[cH-]c2)c[cH-]1.c1cc[cH-]c1.c1cc[cH-]c1. The van der Waals surface area contributed by atoms with Gasteiger partial charge in [0.15, 0.2) is 0 Å². The Kier molecular flexibility index (Phi) is 27.4. The summed E-state index contributed by atoms with van der Waals surface area (Å²) in [6, 6.07) is 36.6. The Morgan fingerprint density at radius 1 is 0.613 bits per heavy atom. The Balaban J connectivity index is 0. The molecule has 0 fully saturated rings. The second-order valence-electron chi connectivity index (χ2n) is 5.77. The zero-order valence-corrected chi connectivity index (χ0v) is 22.9. The topological polar surface area (TPSA) is 28.2 Å². The number of rotatable bonds is 7. The molecule has 0 amide bonds. The minimum atomic E-state index is -0.472. The van der Waals surface area contributed by atoms with Crippen LogP contribution in [0, 0.1) is 0 Å². The summed E-state index contributed by atoms with van der Waals surface area (Å²) in [6.45, 7) is 3.29. The molecule has 0 saturated heterocycles. The maximum absolute atomic E-state index is 4.88. The van der Waals surface area contributed by atoms with Crippen molar-refractivity contribution in [1.29, 1.82) is 0 Å². The van der Waals surface area contributed by atoms with Crippen molar-refractivity contribution < 1.29 is 50.6 Å². The van der Waals surface area contributed by atoms with E-state index in [9.17, 15) is 0 Å². The van der Waals surface area contributed by atoms with E-state index in [1.54, 1.807) is 0 Å². The van der Waals surface area contributed by atoms with Crippen LogP contribution in [0.25, 0.3) is 10.6 Å². The van der Waals surface area contributed by atoms with Crippen molar-refractivity contribution in [1.82, 2.24) is 0 Å². The van der Waals surface area contributed by atoms with Crippen LogP contribution >= 0.6 is 18.8 Å². The third-order valence-electron chi connectivity index (χ3n) is 3.58. The second-order valence-corrected chi connectivity index (χ2v) is 9.05. The van der Waals surface area contributed by atoms with Crippen molar-refractivity contribution in [3.8, 4) is 0 Å². The van der Waals surface area contributed by atoms with E-state index in [0.29, 0.717) is 0 Å². The van der Waals surface area contributed by atoms with Crippen molar-refractivity contribution in [2.24, 2.45) is 0 Å². The number of hydrogen-bond donors (Lipinski definition) is 0. The van der Waals surface area contributed by atoms with E-state index in [4.69, 9.17) is 18.8 Å². The van der Waals surface area contributed by atoms with Gasteiger partial charge in [-0.05, 0) is 0 Å². The van der Waals surface area contributed by atoms with Crippen LogP contribution < -0.4 is 0 Å². The zero-order valence-electron chi connectivity index (χ0n) is 16.9. The van der Waals surface area contributed by atoms with E-state index in [0.717, 1.165) is 26.2 Å². The molecule has 0 bridgehead atoms. The monoisotopic (exact) mass is 719 g/mol. The average molecular weight is 720 g/mol. The first-order valence-electron chi connectivity index (χ1n) is 9.20. The summed E-state index contributed by atoms with van der Waals surface area (Å²) in [5, 5.41) is 8.88. The Bertz CT molecular complexity index is 630. The fourth-order valence-electron chi connectivity index (χ4n) is 2.24. The minimum Gasteiger partial charge on any atom is -0.671 e. The summed E-state index contributed by atoms with van der Waals surface area (Å²) in [7, 11) is 9.75. The molecule has 0 saturated carbocycles. The van der Waals surface area contributed by atoms with Gasteiger partial charge < -0.3 is 10.6 Å². The van der Waals surface area contributed by atoms with Gasteiger partial charge in [0.1, 0.15) is 0 Å². The Morgan fingerprint density at radius 3 is 1.19 bits per heavy atom. The molecule has 0 N–H and O–H groups in total. The third-order valence-corrected chi connectivity index (χ3v) is 3.58. The maximum atomic E-state index is 4.88.